The number of halogens is 1. The van der Waals surface area contributed by atoms with Crippen LogP contribution in [0, 0.1) is 0 Å². The van der Waals surface area contributed by atoms with Gasteiger partial charge in [-0.3, -0.25) is 9.48 Å². The molecule has 25 heavy (non-hydrogen) atoms. The van der Waals surface area contributed by atoms with Crippen molar-refractivity contribution in [3.63, 3.8) is 0 Å². The highest BCUT2D eigenvalue weighted by Crippen LogP contribution is 2.34. The second kappa shape index (κ2) is 7.58. The van der Waals surface area contributed by atoms with Crippen LogP contribution in [0.3, 0.4) is 0 Å². The quantitative estimate of drug-likeness (QED) is 0.592. The van der Waals surface area contributed by atoms with Crippen LogP contribution in [0.5, 0.6) is 0 Å². The fourth-order valence-corrected chi connectivity index (χ4v) is 4.04. The van der Waals surface area contributed by atoms with E-state index >= 15 is 0 Å². The van der Waals surface area contributed by atoms with Crippen molar-refractivity contribution in [1.82, 2.24) is 14.7 Å². The summed E-state index contributed by atoms with van der Waals surface area (Å²) in [6.07, 6.45) is 2.11. The Bertz CT molecular complexity index is 882. The summed E-state index contributed by atoms with van der Waals surface area (Å²) in [5, 5.41) is 6.34. The lowest BCUT2D eigenvalue weighted by atomic mass is 10.1. The van der Waals surface area contributed by atoms with Crippen molar-refractivity contribution in [1.29, 1.82) is 0 Å². The molecule has 0 saturated carbocycles. The number of fused-ring (bicyclic) bond motifs is 1. The van der Waals surface area contributed by atoms with Crippen molar-refractivity contribution in [2.24, 2.45) is 7.05 Å². The Balaban J connectivity index is 1.98. The third kappa shape index (κ3) is 3.58. The van der Waals surface area contributed by atoms with Crippen molar-refractivity contribution in [3.8, 4) is 11.3 Å². The van der Waals surface area contributed by atoms with E-state index in [0.717, 1.165) is 52.3 Å². The van der Waals surface area contributed by atoms with Crippen molar-refractivity contribution >= 4 is 39.1 Å². The number of aromatic nitrogens is 2. The number of carbonyl (C=O) groups is 1. The molecule has 0 bridgehead atoms. The van der Waals surface area contributed by atoms with Crippen LogP contribution in [-0.2, 0) is 7.05 Å². The number of unbranched alkanes of at least 4 members (excludes halogenated alkanes) is 1. The van der Waals surface area contributed by atoms with E-state index in [2.05, 4.69) is 12.0 Å². The van der Waals surface area contributed by atoms with Gasteiger partial charge < -0.3 is 4.90 Å². The minimum absolute atomic E-state index is 0.110. The standard InChI is InChI=1S/C19H22ClN3OS/c1-4-6-11-23(5-2)18(24)16-12-15-17(21-22(3)19(15)25-16)13-7-9-14(20)10-8-13/h7-10,12H,4-6,11H2,1-3H3. The first-order valence-corrected chi connectivity index (χ1v) is 9.76. The highest BCUT2D eigenvalue weighted by molar-refractivity contribution is 7.20. The van der Waals surface area contributed by atoms with Gasteiger partial charge in [0.25, 0.3) is 5.91 Å². The van der Waals surface area contributed by atoms with Gasteiger partial charge in [0.15, 0.2) is 0 Å². The molecule has 132 valence electrons. The van der Waals surface area contributed by atoms with E-state index < -0.39 is 0 Å². The molecule has 3 aromatic rings. The first-order valence-electron chi connectivity index (χ1n) is 8.56. The minimum atomic E-state index is 0.110. The summed E-state index contributed by atoms with van der Waals surface area (Å²) < 4.78 is 1.85. The monoisotopic (exact) mass is 375 g/mol. The summed E-state index contributed by atoms with van der Waals surface area (Å²) in [5.74, 6) is 0.110. The lowest BCUT2D eigenvalue weighted by molar-refractivity contribution is 0.0767. The molecule has 4 nitrogen and oxygen atoms in total. The number of aryl methyl sites for hydroxylation is 1. The van der Waals surface area contributed by atoms with Gasteiger partial charge in [-0.15, -0.1) is 11.3 Å². The molecule has 2 heterocycles. The molecule has 0 unspecified atom stereocenters. The van der Waals surface area contributed by atoms with Crippen LogP contribution in [0.15, 0.2) is 30.3 Å². The predicted molar refractivity (Wildman–Crippen MR) is 106 cm³/mol. The second-order valence-electron chi connectivity index (χ2n) is 6.05. The summed E-state index contributed by atoms with van der Waals surface area (Å²) >= 11 is 7.50. The Morgan fingerprint density at radius 2 is 2.00 bits per heavy atom. The van der Waals surface area contributed by atoms with Gasteiger partial charge in [0.05, 0.1) is 4.88 Å². The molecular formula is C19H22ClN3OS. The van der Waals surface area contributed by atoms with Crippen molar-refractivity contribution in [2.75, 3.05) is 13.1 Å². The van der Waals surface area contributed by atoms with Crippen LogP contribution in [0.2, 0.25) is 5.02 Å². The fraction of sp³-hybridized carbons (Fsp3) is 0.368. The number of rotatable bonds is 6. The maximum Gasteiger partial charge on any atom is 0.264 e. The highest BCUT2D eigenvalue weighted by atomic mass is 35.5. The highest BCUT2D eigenvalue weighted by Gasteiger charge is 2.20. The molecule has 3 rings (SSSR count). The first-order chi connectivity index (χ1) is 12.0. The third-order valence-electron chi connectivity index (χ3n) is 4.29. The number of amides is 1. The molecule has 0 saturated heterocycles. The molecule has 0 atom stereocenters. The Morgan fingerprint density at radius 1 is 1.28 bits per heavy atom. The fourth-order valence-electron chi connectivity index (χ4n) is 2.88. The number of nitrogens with zero attached hydrogens (tertiary/aromatic N) is 3. The van der Waals surface area contributed by atoms with E-state index in [0.29, 0.717) is 5.02 Å². The molecule has 2 aromatic heterocycles. The lowest BCUT2D eigenvalue weighted by Gasteiger charge is -2.19. The Hall–Kier alpha value is -1.85. The van der Waals surface area contributed by atoms with Crippen molar-refractivity contribution < 1.29 is 4.79 Å². The lowest BCUT2D eigenvalue weighted by Crippen LogP contribution is -2.31. The van der Waals surface area contributed by atoms with Crippen LogP contribution >= 0.6 is 22.9 Å². The molecule has 6 heteroatoms. The van der Waals surface area contributed by atoms with Gasteiger partial charge in [0.1, 0.15) is 10.5 Å². The Labute approximate surface area is 157 Å². The largest absolute Gasteiger partial charge is 0.338 e. The average molecular weight is 376 g/mol. The third-order valence-corrected chi connectivity index (χ3v) is 5.73. The molecule has 0 spiro atoms. The zero-order chi connectivity index (χ0) is 18.0. The molecule has 0 N–H and O–H groups in total. The maximum absolute atomic E-state index is 12.8. The van der Waals surface area contributed by atoms with E-state index in [1.54, 1.807) is 0 Å². The average Bonchev–Trinajstić information content (AvgIpc) is 3.17. The second-order valence-corrected chi connectivity index (χ2v) is 7.51. The van der Waals surface area contributed by atoms with Gasteiger partial charge in [-0.1, -0.05) is 37.1 Å². The minimum Gasteiger partial charge on any atom is -0.338 e. The van der Waals surface area contributed by atoms with E-state index in [-0.39, 0.29) is 5.91 Å². The van der Waals surface area contributed by atoms with Crippen LogP contribution in [-0.4, -0.2) is 33.7 Å². The topological polar surface area (TPSA) is 38.1 Å². The SMILES string of the molecule is CCCCN(CC)C(=O)c1cc2c(-c3ccc(Cl)cc3)nn(C)c2s1. The van der Waals surface area contributed by atoms with E-state index in [9.17, 15) is 4.79 Å². The van der Waals surface area contributed by atoms with E-state index in [1.807, 2.05) is 53.9 Å². The summed E-state index contributed by atoms with van der Waals surface area (Å²) in [6.45, 7) is 5.71. The van der Waals surface area contributed by atoms with Gasteiger partial charge in [-0.2, -0.15) is 5.10 Å². The predicted octanol–water partition coefficient (Wildman–Crippen LogP) is 5.22. The normalized spacial score (nSPS) is 11.2. The molecular weight excluding hydrogens is 354 g/mol. The Morgan fingerprint density at radius 3 is 2.64 bits per heavy atom. The van der Waals surface area contributed by atoms with E-state index in [4.69, 9.17) is 11.6 Å². The van der Waals surface area contributed by atoms with Gasteiger partial charge in [0.2, 0.25) is 0 Å². The number of hydrogen-bond acceptors (Lipinski definition) is 3. The van der Waals surface area contributed by atoms with Crippen molar-refractivity contribution in [3.05, 3.63) is 40.2 Å². The van der Waals surface area contributed by atoms with Crippen LogP contribution in [0.1, 0.15) is 36.4 Å². The van der Waals surface area contributed by atoms with Gasteiger partial charge >= 0.3 is 0 Å². The van der Waals surface area contributed by atoms with Crippen LogP contribution in [0.25, 0.3) is 21.5 Å². The summed E-state index contributed by atoms with van der Waals surface area (Å²) in [4.78, 5) is 16.6. The number of carbonyl (C=O) groups excluding carboxylic acids is 1. The van der Waals surface area contributed by atoms with Gasteiger partial charge in [-0.25, -0.2) is 0 Å². The van der Waals surface area contributed by atoms with Crippen LogP contribution in [0.4, 0.5) is 0 Å². The zero-order valence-electron chi connectivity index (χ0n) is 14.8. The molecule has 0 radical (unpaired) electrons. The van der Waals surface area contributed by atoms with Crippen LogP contribution < -0.4 is 0 Å². The number of benzene rings is 1. The first kappa shape index (κ1) is 18.0. The summed E-state index contributed by atoms with van der Waals surface area (Å²) in [5.41, 5.74) is 1.89. The van der Waals surface area contributed by atoms with Crippen molar-refractivity contribution in [2.45, 2.75) is 26.7 Å². The molecule has 1 amide bonds. The molecule has 0 fully saturated rings. The molecule has 0 aliphatic rings. The summed E-state index contributed by atoms with van der Waals surface area (Å²) in [6, 6.07) is 9.62. The zero-order valence-corrected chi connectivity index (χ0v) is 16.3. The summed E-state index contributed by atoms with van der Waals surface area (Å²) in [7, 11) is 1.92. The molecule has 0 aliphatic carbocycles. The molecule has 0 aliphatic heterocycles. The number of thiophene rings is 1. The smallest absolute Gasteiger partial charge is 0.264 e. The van der Waals surface area contributed by atoms with Gasteiger partial charge in [-0.05, 0) is 31.5 Å². The maximum atomic E-state index is 12.8. The number of hydrogen-bond donors (Lipinski definition) is 0. The Kier molecular flexibility index (Phi) is 5.45. The van der Waals surface area contributed by atoms with E-state index in [1.165, 1.54) is 11.3 Å². The molecule has 1 aromatic carbocycles. The van der Waals surface area contributed by atoms with Gasteiger partial charge in [0, 0.05) is 36.1 Å².